The molecule has 3 fully saturated rings. The molecule has 0 radical (unpaired) electrons. The molecule has 5 nitrogen and oxygen atoms in total. The lowest BCUT2D eigenvalue weighted by atomic mass is 9.78. The third kappa shape index (κ3) is 1.34. The Labute approximate surface area is 153 Å². The van der Waals surface area contributed by atoms with E-state index in [1.165, 1.54) is 12.7 Å². The maximum absolute atomic E-state index is 12.8. The number of anilines is 1. The normalized spacial score (nSPS) is 41.2. The molecule has 3 spiro atoms. The molecule has 2 bridgehead atoms. The number of fused-ring (bicyclic) bond motifs is 1. The Morgan fingerprint density at radius 3 is 2.92 bits per heavy atom. The molecular weight excluding hydrogens is 328 g/mol. The van der Waals surface area contributed by atoms with Gasteiger partial charge in [-0.05, 0) is 55.4 Å². The molecule has 5 aliphatic rings. The first-order valence-corrected chi connectivity index (χ1v) is 9.62. The second kappa shape index (κ2) is 4.45. The lowest BCUT2D eigenvalue weighted by Gasteiger charge is -2.45. The quantitative estimate of drug-likeness (QED) is 0.729. The lowest BCUT2D eigenvalue weighted by molar-refractivity contribution is 0.104. The summed E-state index contributed by atoms with van der Waals surface area (Å²) in [5.41, 5.74) is 2.51. The van der Waals surface area contributed by atoms with E-state index in [2.05, 4.69) is 23.1 Å². The molecule has 0 aromatic heterocycles. The second-order valence-corrected chi connectivity index (χ2v) is 8.54. The Morgan fingerprint density at radius 1 is 1.23 bits per heavy atom. The topological polar surface area (TPSA) is 42.0 Å². The predicted octanol–water partition coefficient (Wildman–Crippen LogP) is 3.09. The van der Waals surface area contributed by atoms with Gasteiger partial charge < -0.3 is 9.47 Å². The molecule has 26 heavy (non-hydrogen) atoms. The Bertz CT molecular complexity index is 867. The summed E-state index contributed by atoms with van der Waals surface area (Å²) in [6.45, 7) is 2.17. The van der Waals surface area contributed by atoms with Crippen molar-refractivity contribution in [2.75, 3.05) is 32.2 Å². The van der Waals surface area contributed by atoms with Crippen LogP contribution in [0.2, 0.25) is 0 Å². The van der Waals surface area contributed by atoms with Crippen LogP contribution in [0.3, 0.4) is 0 Å². The van der Waals surface area contributed by atoms with E-state index in [0.29, 0.717) is 5.92 Å². The van der Waals surface area contributed by atoms with Crippen LogP contribution in [0.4, 0.5) is 10.5 Å². The SMILES string of the molecule is COC(=O)N1c2ccc(OC)cc2C23CCN4CC=C[C@]45CC[C@]12C3C5. The predicted molar refractivity (Wildman–Crippen MR) is 97.7 cm³/mol. The van der Waals surface area contributed by atoms with E-state index in [4.69, 9.17) is 9.47 Å². The van der Waals surface area contributed by atoms with Crippen LogP contribution >= 0.6 is 0 Å². The monoisotopic (exact) mass is 352 g/mol. The Balaban J connectivity index is 1.57. The van der Waals surface area contributed by atoms with Gasteiger partial charge in [0, 0.05) is 24.0 Å². The van der Waals surface area contributed by atoms with Gasteiger partial charge in [0.15, 0.2) is 0 Å². The zero-order valence-electron chi connectivity index (χ0n) is 15.3. The molecule has 1 aromatic carbocycles. The number of amides is 1. The van der Waals surface area contributed by atoms with Crippen molar-refractivity contribution in [3.05, 3.63) is 35.9 Å². The first-order chi connectivity index (χ1) is 12.6. The van der Waals surface area contributed by atoms with E-state index >= 15 is 0 Å². The van der Waals surface area contributed by atoms with E-state index in [1.807, 2.05) is 17.0 Å². The summed E-state index contributed by atoms with van der Waals surface area (Å²) in [4.78, 5) is 17.5. The maximum Gasteiger partial charge on any atom is 0.414 e. The number of carbonyl (C=O) groups excluding carboxylic acids is 1. The van der Waals surface area contributed by atoms with Crippen molar-refractivity contribution >= 4 is 11.8 Å². The smallest absolute Gasteiger partial charge is 0.414 e. The Kier molecular flexibility index (Phi) is 2.58. The highest BCUT2D eigenvalue weighted by atomic mass is 16.5. The Morgan fingerprint density at radius 2 is 2.12 bits per heavy atom. The zero-order valence-corrected chi connectivity index (χ0v) is 15.3. The fourth-order valence-corrected chi connectivity index (χ4v) is 7.20. The van der Waals surface area contributed by atoms with Crippen molar-refractivity contribution in [1.82, 2.24) is 4.90 Å². The summed E-state index contributed by atoms with van der Waals surface area (Å²) >= 11 is 0. The molecule has 5 heteroatoms. The van der Waals surface area contributed by atoms with E-state index < -0.39 is 0 Å². The minimum atomic E-state index is -0.212. The third-order valence-corrected chi connectivity index (χ3v) is 8.20. The van der Waals surface area contributed by atoms with E-state index in [9.17, 15) is 4.79 Å². The van der Waals surface area contributed by atoms with E-state index in [0.717, 1.165) is 50.2 Å². The summed E-state index contributed by atoms with van der Waals surface area (Å²) in [7, 11) is 3.21. The molecule has 2 unspecified atom stereocenters. The second-order valence-electron chi connectivity index (χ2n) is 8.54. The van der Waals surface area contributed by atoms with Crippen molar-refractivity contribution in [2.45, 2.75) is 42.2 Å². The largest absolute Gasteiger partial charge is 0.497 e. The number of carbonyl (C=O) groups is 1. The molecule has 3 heterocycles. The van der Waals surface area contributed by atoms with Crippen molar-refractivity contribution in [2.24, 2.45) is 5.92 Å². The zero-order chi connectivity index (χ0) is 17.7. The molecule has 3 aliphatic heterocycles. The van der Waals surface area contributed by atoms with Crippen molar-refractivity contribution in [3.8, 4) is 5.75 Å². The number of nitrogens with zero attached hydrogens (tertiary/aromatic N) is 2. The summed E-state index contributed by atoms with van der Waals surface area (Å²) < 4.78 is 10.8. The number of ether oxygens (including phenoxy) is 2. The van der Waals surface area contributed by atoms with Crippen LogP contribution in [0.25, 0.3) is 0 Å². The van der Waals surface area contributed by atoms with Crippen LogP contribution in [-0.4, -0.2) is 49.4 Å². The van der Waals surface area contributed by atoms with Gasteiger partial charge in [0.2, 0.25) is 0 Å². The number of methoxy groups -OCH3 is 2. The van der Waals surface area contributed by atoms with Crippen LogP contribution in [0.5, 0.6) is 5.75 Å². The van der Waals surface area contributed by atoms with Gasteiger partial charge in [0.1, 0.15) is 5.75 Å². The van der Waals surface area contributed by atoms with Crippen LogP contribution in [0.1, 0.15) is 31.2 Å². The van der Waals surface area contributed by atoms with Crippen molar-refractivity contribution < 1.29 is 14.3 Å². The number of rotatable bonds is 1. The first-order valence-electron chi connectivity index (χ1n) is 9.62. The van der Waals surface area contributed by atoms with Crippen LogP contribution in [0.15, 0.2) is 30.4 Å². The molecule has 4 atom stereocenters. The number of benzene rings is 1. The summed E-state index contributed by atoms with van der Waals surface area (Å²) in [5.74, 6) is 1.39. The fourth-order valence-electron chi connectivity index (χ4n) is 7.20. The average Bonchev–Trinajstić information content (AvgIpc) is 2.97. The molecule has 1 aromatic rings. The van der Waals surface area contributed by atoms with Crippen molar-refractivity contribution in [3.63, 3.8) is 0 Å². The highest BCUT2D eigenvalue weighted by molar-refractivity contribution is 5.97. The highest BCUT2D eigenvalue weighted by Crippen LogP contribution is 2.81. The maximum atomic E-state index is 12.8. The van der Waals surface area contributed by atoms with Crippen molar-refractivity contribution in [1.29, 1.82) is 0 Å². The summed E-state index contributed by atoms with van der Waals surface area (Å²) in [6.07, 6.45) is 8.99. The molecule has 1 saturated heterocycles. The molecule has 2 aliphatic carbocycles. The van der Waals surface area contributed by atoms with Gasteiger partial charge in [0.05, 0.1) is 25.4 Å². The van der Waals surface area contributed by atoms with Gasteiger partial charge in [-0.3, -0.25) is 9.80 Å². The van der Waals surface area contributed by atoms with Gasteiger partial charge in [-0.1, -0.05) is 12.2 Å². The van der Waals surface area contributed by atoms with E-state index in [1.54, 1.807) is 7.11 Å². The Hall–Kier alpha value is -2.01. The fraction of sp³-hybridized carbons (Fsp3) is 0.571. The van der Waals surface area contributed by atoms with E-state index in [-0.39, 0.29) is 22.6 Å². The summed E-state index contributed by atoms with van der Waals surface area (Å²) in [6, 6.07) is 6.19. The molecule has 0 N–H and O–H groups in total. The highest BCUT2D eigenvalue weighted by Gasteiger charge is 2.86. The average molecular weight is 352 g/mol. The van der Waals surface area contributed by atoms with Gasteiger partial charge in [-0.25, -0.2) is 4.79 Å². The molecule has 2 saturated carbocycles. The third-order valence-electron chi connectivity index (χ3n) is 8.20. The minimum absolute atomic E-state index is 0.0622. The van der Waals surface area contributed by atoms with Gasteiger partial charge in [0.25, 0.3) is 0 Å². The molecular formula is C21H24N2O3. The number of hydrogen-bond acceptors (Lipinski definition) is 4. The lowest BCUT2D eigenvalue weighted by Crippen LogP contribution is -2.54. The van der Waals surface area contributed by atoms with Crippen LogP contribution in [0, 0.1) is 5.92 Å². The minimum Gasteiger partial charge on any atom is -0.497 e. The van der Waals surface area contributed by atoms with Gasteiger partial charge in [-0.2, -0.15) is 0 Å². The standard InChI is InChI=1S/C21H24N2O3/c1-25-14-4-5-16-15(12-14)20-9-11-22-10-3-6-19(22)7-8-21(20,17(20)13-19)23(16)18(24)26-2/h3-6,12,17H,7-11,13H2,1-2H3/t17?,19-,20?,21-/m1/s1. The van der Waals surface area contributed by atoms with Crippen LogP contribution < -0.4 is 9.64 Å². The number of hydrogen-bond donors (Lipinski definition) is 0. The first kappa shape index (κ1) is 15.1. The summed E-state index contributed by atoms with van der Waals surface area (Å²) in [5, 5.41) is 0. The molecule has 1 amide bonds. The molecule has 136 valence electrons. The van der Waals surface area contributed by atoms with Gasteiger partial charge >= 0.3 is 6.09 Å². The van der Waals surface area contributed by atoms with Gasteiger partial charge in [-0.15, -0.1) is 0 Å². The molecule has 6 rings (SSSR count). The van der Waals surface area contributed by atoms with Crippen LogP contribution in [-0.2, 0) is 10.2 Å².